The van der Waals surface area contributed by atoms with Crippen molar-refractivity contribution in [1.29, 1.82) is 0 Å². The molecule has 2 aromatic rings. The second-order valence-corrected chi connectivity index (χ2v) is 10.3. The summed E-state index contributed by atoms with van der Waals surface area (Å²) in [6, 6.07) is 5.55. The Hall–Kier alpha value is -3.21. The summed E-state index contributed by atoms with van der Waals surface area (Å²) in [7, 11) is 0. The summed E-state index contributed by atoms with van der Waals surface area (Å²) in [5, 5.41) is 2.81. The van der Waals surface area contributed by atoms with Crippen LogP contribution >= 0.6 is 0 Å². The standard InChI is InChI=1S/C27H31F4N5O2/c28-19-3-1-2-18-13-21(34-27(38)24(18)19)17-5-4-16(12-17)15-35-8-10-36(11-9-35)22-7-6-20(33-25(22)31)26(37)32-14-23(29)30/h1-3,7,13,16-17,20,23H,4-6,8-12,14-15H2,(H,32,37)(H,34,38)/t16-,17-,20?/m1/s1. The van der Waals surface area contributed by atoms with Crippen molar-refractivity contribution < 1.29 is 22.4 Å². The predicted molar refractivity (Wildman–Crippen MR) is 137 cm³/mol. The SMILES string of the molecule is O=C(NCC(F)F)C1CC=C(N2CCN(C[C@@H]3CC[C@@H](c4cc5cccc(F)c5c(=O)[nH]4)C3)CC2)C(F)=N1. The molecular formula is C27H31F4N5O2. The van der Waals surface area contributed by atoms with E-state index in [-0.39, 0.29) is 23.3 Å². The molecule has 1 unspecified atom stereocenters. The number of nitrogens with one attached hydrogen (secondary N) is 2. The fraction of sp³-hybridized carbons (Fsp3) is 0.519. The molecule has 3 aliphatic rings. The topological polar surface area (TPSA) is 80.8 Å². The lowest BCUT2D eigenvalue weighted by atomic mass is 9.98. The Morgan fingerprint density at radius 2 is 1.95 bits per heavy atom. The molecule has 1 aliphatic carbocycles. The summed E-state index contributed by atoms with van der Waals surface area (Å²) in [5.74, 6) is -1.24. The average Bonchev–Trinajstić information content (AvgIpc) is 3.36. The highest BCUT2D eigenvalue weighted by Crippen LogP contribution is 2.38. The number of amides is 1. The van der Waals surface area contributed by atoms with Crippen molar-refractivity contribution >= 4 is 22.6 Å². The molecule has 2 aliphatic heterocycles. The van der Waals surface area contributed by atoms with Crippen LogP contribution in [-0.2, 0) is 4.79 Å². The highest BCUT2D eigenvalue weighted by Gasteiger charge is 2.31. The quantitative estimate of drug-likeness (QED) is 0.534. The number of H-pyrrole nitrogens is 1. The van der Waals surface area contributed by atoms with E-state index < -0.39 is 36.7 Å². The number of carbonyl (C=O) groups excluding carboxylic acids is 1. The van der Waals surface area contributed by atoms with Crippen molar-refractivity contribution in [2.24, 2.45) is 10.9 Å². The molecule has 5 rings (SSSR count). The molecular weight excluding hydrogens is 502 g/mol. The van der Waals surface area contributed by atoms with E-state index in [4.69, 9.17) is 0 Å². The zero-order valence-corrected chi connectivity index (χ0v) is 20.9. The van der Waals surface area contributed by atoms with Gasteiger partial charge in [0.2, 0.25) is 11.9 Å². The maximum Gasteiger partial charge on any atom is 0.259 e. The van der Waals surface area contributed by atoms with E-state index in [1.165, 1.54) is 6.07 Å². The van der Waals surface area contributed by atoms with Crippen molar-refractivity contribution in [1.82, 2.24) is 20.1 Å². The number of hydrogen-bond acceptors (Lipinski definition) is 5. The molecule has 0 radical (unpaired) electrons. The van der Waals surface area contributed by atoms with E-state index in [0.29, 0.717) is 30.1 Å². The Morgan fingerprint density at radius 1 is 1.16 bits per heavy atom. The molecule has 2 fully saturated rings. The predicted octanol–water partition coefficient (Wildman–Crippen LogP) is 3.57. The number of fused-ring (bicyclic) bond motifs is 1. The number of rotatable bonds is 7. The number of benzene rings is 1. The number of alkyl halides is 2. The van der Waals surface area contributed by atoms with Crippen LogP contribution in [0.15, 0.2) is 45.8 Å². The first-order chi connectivity index (χ1) is 18.3. The molecule has 0 bridgehead atoms. The molecule has 0 spiro atoms. The van der Waals surface area contributed by atoms with Gasteiger partial charge in [0.1, 0.15) is 11.9 Å². The number of nitrogens with zero attached hydrogens (tertiary/aromatic N) is 3. The van der Waals surface area contributed by atoms with Crippen LogP contribution in [0.2, 0.25) is 0 Å². The number of aromatic amines is 1. The monoisotopic (exact) mass is 533 g/mol. The third-order valence-corrected chi connectivity index (χ3v) is 7.80. The average molecular weight is 534 g/mol. The summed E-state index contributed by atoms with van der Waals surface area (Å²) in [4.78, 5) is 35.4. The summed E-state index contributed by atoms with van der Waals surface area (Å²) in [5.41, 5.74) is 0.837. The fourth-order valence-electron chi connectivity index (χ4n) is 5.86. The van der Waals surface area contributed by atoms with Crippen LogP contribution in [0.4, 0.5) is 17.6 Å². The third kappa shape index (κ3) is 5.77. The Labute approximate surface area is 217 Å². The summed E-state index contributed by atoms with van der Waals surface area (Å²) < 4.78 is 53.3. The number of allylic oxidation sites excluding steroid dienone is 1. The molecule has 11 heteroatoms. The van der Waals surface area contributed by atoms with Crippen molar-refractivity contribution in [2.45, 2.75) is 44.1 Å². The van der Waals surface area contributed by atoms with E-state index in [0.717, 1.165) is 44.6 Å². The number of halogens is 4. The molecule has 38 heavy (non-hydrogen) atoms. The first kappa shape index (κ1) is 26.4. The number of hydrogen-bond donors (Lipinski definition) is 2. The lowest BCUT2D eigenvalue weighted by Gasteiger charge is -2.38. The molecule has 1 amide bonds. The van der Waals surface area contributed by atoms with Gasteiger partial charge in [-0.1, -0.05) is 18.2 Å². The number of pyridine rings is 1. The van der Waals surface area contributed by atoms with Crippen LogP contribution in [-0.4, -0.2) is 78.4 Å². The number of aliphatic imine (C=N–C) groups is 1. The highest BCUT2D eigenvalue weighted by molar-refractivity contribution is 5.96. The van der Waals surface area contributed by atoms with Crippen molar-refractivity contribution in [3.05, 3.63) is 57.9 Å². The van der Waals surface area contributed by atoms with Crippen LogP contribution in [0.1, 0.15) is 37.3 Å². The van der Waals surface area contributed by atoms with Crippen molar-refractivity contribution in [3.8, 4) is 0 Å². The largest absolute Gasteiger partial charge is 0.366 e. The van der Waals surface area contributed by atoms with Gasteiger partial charge in [0.15, 0.2) is 0 Å². The van der Waals surface area contributed by atoms with Gasteiger partial charge in [-0.3, -0.25) is 14.5 Å². The Morgan fingerprint density at radius 3 is 2.68 bits per heavy atom. The number of aromatic nitrogens is 1. The van der Waals surface area contributed by atoms with E-state index in [1.54, 1.807) is 18.2 Å². The molecule has 1 saturated heterocycles. The molecule has 1 aromatic heterocycles. The second kappa shape index (κ2) is 11.3. The van der Waals surface area contributed by atoms with Gasteiger partial charge < -0.3 is 15.2 Å². The van der Waals surface area contributed by atoms with Crippen LogP contribution < -0.4 is 10.9 Å². The number of piperazine rings is 1. The van der Waals surface area contributed by atoms with Crippen LogP contribution in [0, 0.1) is 11.7 Å². The number of dihydropyridines is 1. The van der Waals surface area contributed by atoms with Gasteiger partial charge in [0, 0.05) is 38.4 Å². The highest BCUT2D eigenvalue weighted by atomic mass is 19.3. The van der Waals surface area contributed by atoms with Crippen LogP contribution in [0.5, 0.6) is 0 Å². The van der Waals surface area contributed by atoms with Gasteiger partial charge in [0.25, 0.3) is 12.0 Å². The van der Waals surface area contributed by atoms with Gasteiger partial charge in [-0.2, -0.15) is 4.39 Å². The molecule has 1 saturated carbocycles. The van der Waals surface area contributed by atoms with E-state index >= 15 is 0 Å². The second-order valence-electron chi connectivity index (χ2n) is 10.3. The molecule has 204 valence electrons. The summed E-state index contributed by atoms with van der Waals surface area (Å²) >= 11 is 0. The third-order valence-electron chi connectivity index (χ3n) is 7.80. The molecule has 2 N–H and O–H groups in total. The van der Waals surface area contributed by atoms with Crippen molar-refractivity contribution in [2.75, 3.05) is 39.3 Å². The van der Waals surface area contributed by atoms with E-state index in [9.17, 15) is 27.2 Å². The minimum Gasteiger partial charge on any atom is -0.366 e. The van der Waals surface area contributed by atoms with E-state index in [1.807, 2.05) is 11.0 Å². The van der Waals surface area contributed by atoms with Crippen molar-refractivity contribution in [3.63, 3.8) is 0 Å². The molecule has 7 nitrogen and oxygen atoms in total. The van der Waals surface area contributed by atoms with Gasteiger partial charge >= 0.3 is 0 Å². The lowest BCUT2D eigenvalue weighted by molar-refractivity contribution is -0.122. The maximum absolute atomic E-state index is 14.7. The first-order valence-corrected chi connectivity index (χ1v) is 13.1. The van der Waals surface area contributed by atoms with Gasteiger partial charge in [-0.05, 0) is 55.0 Å². The van der Waals surface area contributed by atoms with E-state index in [2.05, 4.69) is 20.2 Å². The number of carbonyl (C=O) groups is 1. The smallest absolute Gasteiger partial charge is 0.259 e. The minimum absolute atomic E-state index is 0.101. The normalized spacial score (nSPS) is 24.6. The minimum atomic E-state index is -2.66. The zero-order valence-electron chi connectivity index (χ0n) is 20.9. The van der Waals surface area contributed by atoms with Crippen LogP contribution in [0.3, 0.4) is 0 Å². The summed E-state index contributed by atoms with van der Waals surface area (Å²) in [6.45, 7) is 2.91. The van der Waals surface area contributed by atoms with Gasteiger partial charge in [-0.15, -0.1) is 0 Å². The fourth-order valence-corrected chi connectivity index (χ4v) is 5.86. The van der Waals surface area contributed by atoms with Gasteiger partial charge in [0.05, 0.1) is 17.6 Å². The zero-order chi connectivity index (χ0) is 26.8. The Balaban J connectivity index is 1.11. The van der Waals surface area contributed by atoms with Crippen LogP contribution in [0.25, 0.3) is 10.8 Å². The molecule has 3 atom stereocenters. The maximum atomic E-state index is 14.7. The Kier molecular flexibility index (Phi) is 7.83. The summed E-state index contributed by atoms with van der Waals surface area (Å²) in [6.07, 6.45) is 2.08. The lowest BCUT2D eigenvalue weighted by Crippen LogP contribution is -2.48. The Bertz CT molecular complexity index is 1300. The molecule has 3 heterocycles. The first-order valence-electron chi connectivity index (χ1n) is 13.1. The molecule has 1 aromatic carbocycles. The van der Waals surface area contributed by atoms with Gasteiger partial charge in [-0.25, -0.2) is 18.2 Å².